The number of aromatic nitrogens is 1. The summed E-state index contributed by atoms with van der Waals surface area (Å²) in [5, 5.41) is 28.5. The van der Waals surface area contributed by atoms with Crippen LogP contribution in [0.2, 0.25) is 0 Å². The van der Waals surface area contributed by atoms with E-state index in [1.807, 2.05) is 19.9 Å². The molecule has 0 aliphatic heterocycles. The number of aromatic hydroxyl groups is 1. The second-order valence-corrected chi connectivity index (χ2v) is 8.35. The maximum absolute atomic E-state index is 13.2. The molecule has 1 unspecified atom stereocenters. The van der Waals surface area contributed by atoms with Gasteiger partial charge in [-0.25, -0.2) is 4.79 Å². The van der Waals surface area contributed by atoms with Gasteiger partial charge in [0.05, 0.1) is 17.9 Å². The van der Waals surface area contributed by atoms with E-state index in [9.17, 15) is 20.0 Å². The molecule has 2 aromatic rings. The van der Waals surface area contributed by atoms with Crippen molar-refractivity contribution in [3.8, 4) is 11.9 Å². The number of benzene rings is 1. The SMILES string of the molecule is CCCCOC(=O)c1ccc(N=Nc2c(C)c(C#N)c(O)n(CC(CC)CCCC)c2=O)cc1. The van der Waals surface area contributed by atoms with Crippen LogP contribution in [0.3, 0.4) is 0 Å². The summed E-state index contributed by atoms with van der Waals surface area (Å²) in [5.41, 5.74) is 0.678. The van der Waals surface area contributed by atoms with E-state index in [0.29, 0.717) is 24.4 Å². The molecule has 34 heavy (non-hydrogen) atoms. The molecular weight excluding hydrogens is 432 g/mol. The van der Waals surface area contributed by atoms with Gasteiger partial charge >= 0.3 is 5.97 Å². The highest BCUT2D eigenvalue weighted by Gasteiger charge is 2.21. The third-order valence-electron chi connectivity index (χ3n) is 5.85. The van der Waals surface area contributed by atoms with Gasteiger partial charge in [0.2, 0.25) is 5.88 Å². The number of rotatable bonds is 12. The standard InChI is InChI=1S/C26H34N4O4/c1-5-8-10-19(7-3)17-30-24(31)22(16-27)18(4)23(25(30)32)29-28-21-13-11-20(12-14-21)26(33)34-15-9-6-2/h11-14,19,31H,5-10,15,17H2,1-4H3. The molecule has 1 heterocycles. The molecule has 0 bridgehead atoms. The lowest BCUT2D eigenvalue weighted by atomic mass is 9.99. The van der Waals surface area contributed by atoms with Gasteiger partial charge in [-0.2, -0.15) is 10.4 Å². The lowest BCUT2D eigenvalue weighted by Gasteiger charge is -2.19. The maximum Gasteiger partial charge on any atom is 0.338 e. The Morgan fingerprint density at radius 2 is 1.82 bits per heavy atom. The normalized spacial score (nSPS) is 12.0. The molecule has 8 nitrogen and oxygen atoms in total. The number of carbonyl (C=O) groups excluding carboxylic acids is 1. The first-order valence-corrected chi connectivity index (χ1v) is 11.9. The number of pyridine rings is 1. The minimum atomic E-state index is -0.483. The van der Waals surface area contributed by atoms with Crippen molar-refractivity contribution < 1.29 is 14.6 Å². The number of hydrogen-bond donors (Lipinski definition) is 1. The van der Waals surface area contributed by atoms with Gasteiger partial charge in [-0.3, -0.25) is 9.36 Å². The highest BCUT2D eigenvalue weighted by Crippen LogP contribution is 2.28. The number of unbranched alkanes of at least 4 members (excludes halogenated alkanes) is 2. The first-order chi connectivity index (χ1) is 16.4. The predicted octanol–water partition coefficient (Wildman–Crippen LogP) is 6.32. The van der Waals surface area contributed by atoms with E-state index < -0.39 is 11.5 Å². The van der Waals surface area contributed by atoms with Crippen LogP contribution >= 0.6 is 0 Å². The molecule has 0 saturated heterocycles. The summed E-state index contributed by atoms with van der Waals surface area (Å²) >= 11 is 0. The Bertz CT molecular complexity index is 1100. The topological polar surface area (TPSA) is 117 Å². The van der Waals surface area contributed by atoms with Crippen LogP contribution in [0.5, 0.6) is 5.88 Å². The molecule has 1 aromatic heterocycles. The first-order valence-electron chi connectivity index (χ1n) is 11.9. The van der Waals surface area contributed by atoms with Crippen molar-refractivity contribution in [3.05, 3.63) is 51.3 Å². The van der Waals surface area contributed by atoms with Crippen LogP contribution in [0, 0.1) is 24.2 Å². The Hall–Kier alpha value is -3.47. The fourth-order valence-corrected chi connectivity index (χ4v) is 3.57. The van der Waals surface area contributed by atoms with Crippen molar-refractivity contribution >= 4 is 17.3 Å². The monoisotopic (exact) mass is 466 g/mol. The van der Waals surface area contributed by atoms with Crippen LogP contribution in [-0.4, -0.2) is 22.2 Å². The number of nitrogens with zero attached hydrogens (tertiary/aromatic N) is 4. The van der Waals surface area contributed by atoms with Crippen molar-refractivity contribution in [2.24, 2.45) is 16.1 Å². The van der Waals surface area contributed by atoms with Gasteiger partial charge in [0.15, 0.2) is 5.69 Å². The van der Waals surface area contributed by atoms with Gasteiger partial charge in [-0.05, 0) is 49.9 Å². The van der Waals surface area contributed by atoms with E-state index in [1.165, 1.54) is 4.57 Å². The lowest BCUT2D eigenvalue weighted by Crippen LogP contribution is -2.25. The summed E-state index contributed by atoms with van der Waals surface area (Å²) in [4.78, 5) is 25.2. The molecule has 0 amide bonds. The van der Waals surface area contributed by atoms with Crippen molar-refractivity contribution in [2.75, 3.05) is 6.61 Å². The molecule has 2 rings (SSSR count). The van der Waals surface area contributed by atoms with E-state index in [2.05, 4.69) is 17.2 Å². The predicted molar refractivity (Wildman–Crippen MR) is 131 cm³/mol. The van der Waals surface area contributed by atoms with Crippen LogP contribution in [-0.2, 0) is 11.3 Å². The third kappa shape index (κ3) is 6.77. The molecule has 1 aromatic carbocycles. The number of ether oxygens (including phenoxy) is 1. The molecule has 1 atom stereocenters. The van der Waals surface area contributed by atoms with Crippen LogP contribution in [0.25, 0.3) is 0 Å². The summed E-state index contributed by atoms with van der Waals surface area (Å²) in [6, 6.07) is 8.38. The van der Waals surface area contributed by atoms with Crippen molar-refractivity contribution in [1.29, 1.82) is 5.26 Å². The molecule has 0 fully saturated rings. The van der Waals surface area contributed by atoms with E-state index in [1.54, 1.807) is 31.2 Å². The van der Waals surface area contributed by atoms with E-state index in [0.717, 1.165) is 38.5 Å². The van der Waals surface area contributed by atoms with Gasteiger partial charge in [-0.15, -0.1) is 5.11 Å². The Balaban J connectivity index is 2.33. The van der Waals surface area contributed by atoms with E-state index in [-0.39, 0.29) is 28.6 Å². The van der Waals surface area contributed by atoms with Gasteiger partial charge in [0.25, 0.3) is 5.56 Å². The second-order valence-electron chi connectivity index (χ2n) is 8.35. The number of azo groups is 1. The first kappa shape index (κ1) is 26.8. The number of nitriles is 1. The zero-order chi connectivity index (χ0) is 25.1. The largest absolute Gasteiger partial charge is 0.493 e. The van der Waals surface area contributed by atoms with Gasteiger partial charge in [0, 0.05) is 12.1 Å². The molecular formula is C26H34N4O4. The summed E-state index contributed by atoms with van der Waals surface area (Å²) in [7, 11) is 0. The van der Waals surface area contributed by atoms with Gasteiger partial charge < -0.3 is 9.84 Å². The Kier molecular flexibility index (Phi) is 10.5. The number of hydrogen-bond acceptors (Lipinski definition) is 7. The van der Waals surface area contributed by atoms with E-state index in [4.69, 9.17) is 4.74 Å². The van der Waals surface area contributed by atoms with Crippen LogP contribution < -0.4 is 5.56 Å². The fourth-order valence-electron chi connectivity index (χ4n) is 3.57. The summed E-state index contributed by atoms with van der Waals surface area (Å²) in [6.45, 7) is 8.44. The minimum absolute atomic E-state index is 0.0164. The van der Waals surface area contributed by atoms with Crippen molar-refractivity contribution in [3.63, 3.8) is 0 Å². The van der Waals surface area contributed by atoms with E-state index >= 15 is 0 Å². The summed E-state index contributed by atoms with van der Waals surface area (Å²) < 4.78 is 6.43. The maximum atomic E-state index is 13.2. The van der Waals surface area contributed by atoms with Crippen LogP contribution in [0.15, 0.2) is 39.3 Å². The molecule has 0 aliphatic carbocycles. The molecule has 182 valence electrons. The average molecular weight is 467 g/mol. The Morgan fingerprint density at radius 3 is 2.41 bits per heavy atom. The zero-order valence-corrected chi connectivity index (χ0v) is 20.5. The third-order valence-corrected chi connectivity index (χ3v) is 5.85. The van der Waals surface area contributed by atoms with Crippen molar-refractivity contribution in [2.45, 2.75) is 72.8 Å². The van der Waals surface area contributed by atoms with Crippen LogP contribution in [0.4, 0.5) is 11.4 Å². The lowest BCUT2D eigenvalue weighted by molar-refractivity contribution is 0.0500. The molecule has 1 N–H and O–H groups in total. The quantitative estimate of drug-likeness (QED) is 0.223. The van der Waals surface area contributed by atoms with Crippen LogP contribution in [0.1, 0.15) is 80.8 Å². The average Bonchev–Trinajstić information content (AvgIpc) is 2.84. The molecule has 0 spiro atoms. The van der Waals surface area contributed by atoms with Gasteiger partial charge in [-0.1, -0.05) is 46.5 Å². The Labute approximate surface area is 200 Å². The molecule has 0 saturated carbocycles. The smallest absolute Gasteiger partial charge is 0.338 e. The number of esters is 1. The fraction of sp³-hybridized carbons (Fsp3) is 0.500. The Morgan fingerprint density at radius 1 is 1.15 bits per heavy atom. The number of carbonyl (C=O) groups is 1. The van der Waals surface area contributed by atoms with Crippen molar-refractivity contribution in [1.82, 2.24) is 4.57 Å². The molecule has 8 heteroatoms. The minimum Gasteiger partial charge on any atom is -0.493 e. The zero-order valence-electron chi connectivity index (χ0n) is 20.5. The highest BCUT2D eigenvalue weighted by molar-refractivity contribution is 5.89. The summed E-state index contributed by atoms with van der Waals surface area (Å²) in [5.74, 6) is -0.529. The highest BCUT2D eigenvalue weighted by atomic mass is 16.5. The second kappa shape index (κ2) is 13.3. The molecule has 0 aliphatic rings. The summed E-state index contributed by atoms with van der Waals surface area (Å²) in [6.07, 6.45) is 5.60. The molecule has 0 radical (unpaired) electrons. The van der Waals surface area contributed by atoms with Gasteiger partial charge in [0.1, 0.15) is 11.6 Å².